The topological polar surface area (TPSA) is 58.1 Å². The zero-order chi connectivity index (χ0) is 17.5. The maximum atomic E-state index is 12.5. The zero-order valence-corrected chi connectivity index (χ0v) is 14.9. The lowest BCUT2D eigenvalue weighted by Gasteiger charge is -2.18. The van der Waals surface area contributed by atoms with E-state index in [2.05, 4.69) is 22.2 Å². The van der Waals surface area contributed by atoms with Gasteiger partial charge >= 0.3 is 0 Å². The van der Waals surface area contributed by atoms with Crippen LogP contribution in [0, 0.1) is 6.92 Å². The summed E-state index contributed by atoms with van der Waals surface area (Å²) in [7, 11) is 1.96. The quantitative estimate of drug-likeness (QED) is 0.846. The molecule has 0 saturated carbocycles. The number of nitrogens with one attached hydrogen (secondary N) is 1. The summed E-state index contributed by atoms with van der Waals surface area (Å²) in [6, 6.07) is 11.5. The molecule has 0 fully saturated rings. The molecule has 0 aliphatic carbocycles. The highest BCUT2D eigenvalue weighted by Crippen LogP contribution is 2.14. The maximum Gasteiger partial charge on any atom is 0.270 e. The summed E-state index contributed by atoms with van der Waals surface area (Å²) in [5, 5.41) is 3.00. The van der Waals surface area contributed by atoms with Crippen molar-refractivity contribution in [2.45, 2.75) is 39.7 Å². The van der Waals surface area contributed by atoms with Crippen LogP contribution in [0.3, 0.4) is 0 Å². The van der Waals surface area contributed by atoms with Crippen molar-refractivity contribution in [3.8, 4) is 0 Å². The molecule has 128 valence electrons. The molecule has 0 radical (unpaired) electrons. The van der Waals surface area contributed by atoms with Gasteiger partial charge in [0, 0.05) is 19.3 Å². The molecule has 2 aromatic rings. The van der Waals surface area contributed by atoms with Crippen LogP contribution in [0.1, 0.15) is 54.5 Å². The molecule has 1 unspecified atom stereocenters. The fraction of sp³-hybridized carbons (Fsp3) is 0.421. The van der Waals surface area contributed by atoms with Crippen LogP contribution in [-0.4, -0.2) is 29.5 Å². The molecule has 2 rings (SSSR count). The minimum atomic E-state index is -0.179. The first kappa shape index (κ1) is 17.9. The number of benzene rings is 1. The molecule has 5 heteroatoms. The number of aryl methyl sites for hydroxylation is 1. The molecule has 1 heterocycles. The number of aromatic nitrogens is 2. The number of hydrogen-bond donors (Lipinski definition) is 1. The molecule has 1 amide bonds. The first-order chi connectivity index (χ1) is 11.5. The van der Waals surface area contributed by atoms with Crippen LogP contribution >= 0.6 is 0 Å². The van der Waals surface area contributed by atoms with Crippen molar-refractivity contribution in [3.63, 3.8) is 0 Å². The molecule has 0 saturated heterocycles. The summed E-state index contributed by atoms with van der Waals surface area (Å²) in [6.07, 6.45) is 2.18. The van der Waals surface area contributed by atoms with Crippen LogP contribution in [0.25, 0.3) is 0 Å². The van der Waals surface area contributed by atoms with Crippen LogP contribution in [0.2, 0.25) is 0 Å². The van der Waals surface area contributed by atoms with Crippen molar-refractivity contribution in [2.24, 2.45) is 0 Å². The highest BCUT2D eigenvalue weighted by Gasteiger charge is 2.15. The number of nitrogens with zero attached hydrogens (tertiary/aromatic N) is 3. The monoisotopic (exact) mass is 326 g/mol. The molecule has 1 N–H and O–H groups in total. The predicted molar refractivity (Wildman–Crippen MR) is 97.3 cm³/mol. The number of hydrogen-bond acceptors (Lipinski definition) is 4. The van der Waals surface area contributed by atoms with Crippen molar-refractivity contribution in [3.05, 3.63) is 53.3 Å². The van der Waals surface area contributed by atoms with Gasteiger partial charge in [-0.2, -0.15) is 0 Å². The lowest BCUT2D eigenvalue weighted by atomic mass is 10.1. The number of rotatable bonds is 7. The second-order valence-electron chi connectivity index (χ2n) is 6.08. The molecule has 1 atom stereocenters. The SMILES string of the molecule is CCCCN(C)c1nc(C)cc(C(=O)NC(C)c2ccccc2)n1. The van der Waals surface area contributed by atoms with Gasteiger partial charge < -0.3 is 10.2 Å². The molecule has 0 spiro atoms. The van der Waals surface area contributed by atoms with Gasteiger partial charge in [0.15, 0.2) is 0 Å². The summed E-state index contributed by atoms with van der Waals surface area (Å²) in [4.78, 5) is 23.4. The van der Waals surface area contributed by atoms with E-state index in [1.807, 2.05) is 56.1 Å². The largest absolute Gasteiger partial charge is 0.344 e. The fourth-order valence-corrected chi connectivity index (χ4v) is 2.43. The van der Waals surface area contributed by atoms with E-state index < -0.39 is 0 Å². The van der Waals surface area contributed by atoms with E-state index in [0.29, 0.717) is 11.6 Å². The molecular weight excluding hydrogens is 300 g/mol. The molecule has 0 aliphatic rings. The lowest BCUT2D eigenvalue weighted by Crippen LogP contribution is -2.29. The van der Waals surface area contributed by atoms with Crippen molar-refractivity contribution >= 4 is 11.9 Å². The van der Waals surface area contributed by atoms with Crippen molar-refractivity contribution in [1.82, 2.24) is 15.3 Å². The van der Waals surface area contributed by atoms with E-state index >= 15 is 0 Å². The first-order valence-corrected chi connectivity index (χ1v) is 8.44. The van der Waals surface area contributed by atoms with Crippen molar-refractivity contribution in [1.29, 1.82) is 0 Å². The molecule has 24 heavy (non-hydrogen) atoms. The van der Waals surface area contributed by atoms with Crippen molar-refractivity contribution < 1.29 is 4.79 Å². The van der Waals surface area contributed by atoms with Gasteiger partial charge in [-0.15, -0.1) is 0 Å². The molecular formula is C19H26N4O. The Morgan fingerprint density at radius 2 is 1.96 bits per heavy atom. The Hall–Kier alpha value is -2.43. The Bertz CT molecular complexity index is 672. The van der Waals surface area contributed by atoms with Crippen LogP contribution < -0.4 is 10.2 Å². The number of unbranched alkanes of at least 4 members (excludes halogenated alkanes) is 1. The Morgan fingerprint density at radius 3 is 2.62 bits per heavy atom. The van der Waals surface area contributed by atoms with Gasteiger partial charge in [0.2, 0.25) is 5.95 Å². The van der Waals surface area contributed by atoms with Gasteiger partial charge in [-0.25, -0.2) is 9.97 Å². The lowest BCUT2D eigenvalue weighted by molar-refractivity contribution is 0.0934. The summed E-state index contributed by atoms with van der Waals surface area (Å²) in [5.41, 5.74) is 2.27. The third-order valence-corrected chi connectivity index (χ3v) is 3.91. The Labute approximate surface area is 144 Å². The zero-order valence-electron chi connectivity index (χ0n) is 14.9. The van der Waals surface area contributed by atoms with Crippen LogP contribution in [0.4, 0.5) is 5.95 Å². The van der Waals surface area contributed by atoms with Gasteiger partial charge in [-0.3, -0.25) is 4.79 Å². The highest BCUT2D eigenvalue weighted by molar-refractivity contribution is 5.92. The highest BCUT2D eigenvalue weighted by atomic mass is 16.1. The fourth-order valence-electron chi connectivity index (χ4n) is 2.43. The van der Waals surface area contributed by atoms with E-state index in [1.54, 1.807) is 6.07 Å². The summed E-state index contributed by atoms with van der Waals surface area (Å²) >= 11 is 0. The van der Waals surface area contributed by atoms with Gasteiger partial charge in [0.05, 0.1) is 6.04 Å². The molecule has 0 bridgehead atoms. The van der Waals surface area contributed by atoms with E-state index in [9.17, 15) is 4.79 Å². The third-order valence-electron chi connectivity index (χ3n) is 3.91. The number of carbonyl (C=O) groups excluding carboxylic acids is 1. The summed E-state index contributed by atoms with van der Waals surface area (Å²) < 4.78 is 0. The van der Waals surface area contributed by atoms with E-state index in [-0.39, 0.29) is 11.9 Å². The predicted octanol–water partition coefficient (Wildman–Crippen LogP) is 3.51. The van der Waals surface area contributed by atoms with Gasteiger partial charge in [0.1, 0.15) is 5.69 Å². The Kier molecular flexibility index (Phi) is 6.29. The van der Waals surface area contributed by atoms with E-state index in [1.165, 1.54) is 0 Å². The third kappa shape index (κ3) is 4.78. The average molecular weight is 326 g/mol. The standard InChI is InChI=1S/C19H26N4O/c1-5-6-12-23(4)19-20-14(2)13-17(22-19)18(24)21-15(3)16-10-8-7-9-11-16/h7-11,13,15H,5-6,12H2,1-4H3,(H,21,24). The maximum absolute atomic E-state index is 12.5. The number of anilines is 1. The number of amides is 1. The summed E-state index contributed by atoms with van der Waals surface area (Å²) in [5.74, 6) is 0.419. The normalized spacial score (nSPS) is 11.8. The molecule has 5 nitrogen and oxygen atoms in total. The molecule has 0 aliphatic heterocycles. The van der Waals surface area contributed by atoms with Crippen LogP contribution in [-0.2, 0) is 0 Å². The molecule has 1 aromatic heterocycles. The Balaban J connectivity index is 2.13. The van der Waals surface area contributed by atoms with Crippen molar-refractivity contribution in [2.75, 3.05) is 18.5 Å². The minimum absolute atomic E-state index is 0.0738. The van der Waals surface area contributed by atoms with Crippen LogP contribution in [0.5, 0.6) is 0 Å². The Morgan fingerprint density at radius 1 is 1.25 bits per heavy atom. The molecule has 1 aromatic carbocycles. The first-order valence-electron chi connectivity index (χ1n) is 8.44. The smallest absolute Gasteiger partial charge is 0.270 e. The average Bonchev–Trinajstić information content (AvgIpc) is 2.59. The van der Waals surface area contributed by atoms with Gasteiger partial charge in [-0.1, -0.05) is 43.7 Å². The van der Waals surface area contributed by atoms with E-state index in [4.69, 9.17) is 0 Å². The minimum Gasteiger partial charge on any atom is -0.344 e. The number of carbonyl (C=O) groups is 1. The second-order valence-corrected chi connectivity index (χ2v) is 6.08. The van der Waals surface area contributed by atoms with Crippen LogP contribution in [0.15, 0.2) is 36.4 Å². The second kappa shape index (κ2) is 8.43. The van der Waals surface area contributed by atoms with Gasteiger partial charge in [-0.05, 0) is 31.9 Å². The van der Waals surface area contributed by atoms with Gasteiger partial charge in [0.25, 0.3) is 5.91 Å². The summed E-state index contributed by atoms with van der Waals surface area (Å²) in [6.45, 7) is 6.88. The van der Waals surface area contributed by atoms with E-state index in [0.717, 1.165) is 30.6 Å².